The molecule has 0 spiro atoms. The van der Waals surface area contributed by atoms with E-state index in [1.165, 1.54) is 49.6 Å². The van der Waals surface area contributed by atoms with E-state index >= 15 is 0 Å². The van der Waals surface area contributed by atoms with Crippen LogP contribution >= 0.6 is 0 Å². The van der Waals surface area contributed by atoms with Gasteiger partial charge < -0.3 is 15.2 Å². The normalized spacial score (nSPS) is 12.2. The van der Waals surface area contributed by atoms with Gasteiger partial charge in [0.1, 0.15) is 17.7 Å². The lowest BCUT2D eigenvalue weighted by Gasteiger charge is -2.19. The highest BCUT2D eigenvalue weighted by Gasteiger charge is 2.35. The van der Waals surface area contributed by atoms with Gasteiger partial charge in [-0.05, 0) is 58.8 Å². The van der Waals surface area contributed by atoms with E-state index in [-0.39, 0.29) is 29.2 Å². The highest BCUT2D eigenvalue weighted by atomic mass is 19.4. The molecule has 0 aliphatic carbocycles. The van der Waals surface area contributed by atoms with Crippen molar-refractivity contribution in [2.45, 2.75) is 18.8 Å². The molecule has 1 aromatic heterocycles. The summed E-state index contributed by atoms with van der Waals surface area (Å²) in [6.45, 7) is -0.228. The first-order valence-electron chi connectivity index (χ1n) is 12.1. The van der Waals surface area contributed by atoms with Gasteiger partial charge >= 0.3 is 6.18 Å². The van der Waals surface area contributed by atoms with E-state index in [2.05, 4.69) is 10.4 Å². The number of hydrogen-bond acceptors (Lipinski definition) is 5. The number of ether oxygens (including phenoxy) is 1. The first kappa shape index (κ1) is 26.7. The molecule has 0 radical (unpaired) electrons. The summed E-state index contributed by atoms with van der Waals surface area (Å²) in [7, 11) is 1.49. The number of nitrogens with zero attached hydrogens (tertiary/aromatic N) is 3. The molecule has 0 amide bonds. The Morgan fingerprint density at radius 3 is 2.58 bits per heavy atom. The zero-order chi connectivity index (χ0) is 28.4. The highest BCUT2D eigenvalue weighted by molar-refractivity contribution is 5.88. The number of nitrogens with one attached hydrogen (secondary N) is 1. The smallest absolute Gasteiger partial charge is 0.435 e. The second-order valence-corrected chi connectivity index (χ2v) is 8.99. The zero-order valence-corrected chi connectivity index (χ0v) is 21.1. The Bertz CT molecular complexity index is 1740. The third-order valence-electron chi connectivity index (χ3n) is 6.48. The van der Waals surface area contributed by atoms with Crippen molar-refractivity contribution in [3.63, 3.8) is 0 Å². The third-order valence-corrected chi connectivity index (χ3v) is 6.48. The Morgan fingerprint density at radius 1 is 1.02 bits per heavy atom. The van der Waals surface area contributed by atoms with Crippen LogP contribution in [0.2, 0.25) is 0 Å². The number of fused-ring (bicyclic) bond motifs is 1. The molecular formula is C30H22F4N4O2. The largest absolute Gasteiger partial charge is 0.496 e. The Labute approximate surface area is 226 Å². The minimum atomic E-state index is -4.71. The number of rotatable bonds is 7. The molecule has 2 N–H and O–H groups in total. The number of hydrogen-bond donors (Lipinski definition) is 2. The van der Waals surface area contributed by atoms with Gasteiger partial charge in [-0.25, -0.2) is 9.07 Å². The van der Waals surface area contributed by atoms with Crippen LogP contribution in [0.15, 0.2) is 84.9 Å². The SMILES string of the molecule is COc1ccc2ccccc2c1C(O)c1ccc(F)c(NCc2cc(C(F)(F)F)nn2-c2cccc(C#N)c2)c1. The Kier molecular flexibility index (Phi) is 7.15. The lowest BCUT2D eigenvalue weighted by molar-refractivity contribution is -0.141. The molecule has 4 aromatic carbocycles. The molecule has 0 aliphatic rings. The van der Waals surface area contributed by atoms with E-state index in [0.717, 1.165) is 21.5 Å². The van der Waals surface area contributed by atoms with Crippen LogP contribution in [-0.4, -0.2) is 22.0 Å². The molecule has 0 aliphatic heterocycles. The number of methoxy groups -OCH3 is 1. The highest BCUT2D eigenvalue weighted by Crippen LogP contribution is 2.37. The number of halogens is 4. The molecule has 1 heterocycles. The first-order chi connectivity index (χ1) is 19.2. The van der Waals surface area contributed by atoms with Crippen LogP contribution in [0.1, 0.15) is 34.2 Å². The van der Waals surface area contributed by atoms with Gasteiger partial charge in [0, 0.05) is 5.56 Å². The van der Waals surface area contributed by atoms with Crippen LogP contribution in [-0.2, 0) is 12.7 Å². The Morgan fingerprint density at radius 2 is 1.82 bits per heavy atom. The van der Waals surface area contributed by atoms with E-state index in [1.54, 1.807) is 6.07 Å². The molecule has 10 heteroatoms. The maximum absolute atomic E-state index is 14.8. The summed E-state index contributed by atoms with van der Waals surface area (Å²) in [5, 5.41) is 28.7. The first-order valence-corrected chi connectivity index (χ1v) is 12.1. The van der Waals surface area contributed by atoms with E-state index in [9.17, 15) is 27.9 Å². The number of benzene rings is 4. The number of nitriles is 1. The molecule has 0 fully saturated rings. The molecule has 0 bridgehead atoms. The van der Waals surface area contributed by atoms with Crippen molar-refractivity contribution in [3.05, 3.63) is 119 Å². The summed E-state index contributed by atoms with van der Waals surface area (Å²) >= 11 is 0. The van der Waals surface area contributed by atoms with Gasteiger partial charge in [0.05, 0.1) is 42.4 Å². The summed E-state index contributed by atoms with van der Waals surface area (Å²) in [5.41, 5.74) is 0.287. The van der Waals surface area contributed by atoms with Gasteiger partial charge in [0.25, 0.3) is 0 Å². The fourth-order valence-electron chi connectivity index (χ4n) is 4.55. The van der Waals surface area contributed by atoms with Crippen molar-refractivity contribution >= 4 is 16.5 Å². The van der Waals surface area contributed by atoms with Crippen molar-refractivity contribution < 1.29 is 27.4 Å². The van der Waals surface area contributed by atoms with Crippen molar-refractivity contribution in [2.75, 3.05) is 12.4 Å². The van der Waals surface area contributed by atoms with Crippen LogP contribution in [0.3, 0.4) is 0 Å². The standard InChI is InChI=1S/C30H22F4N4O2/c1-40-26-12-10-19-6-2-3-8-23(19)28(26)29(39)20-9-11-24(31)25(14-20)36-17-22-15-27(30(32,33)34)37-38(22)21-7-4-5-18(13-21)16-35/h2-15,29,36,39H,17H2,1H3. The second kappa shape index (κ2) is 10.7. The number of aliphatic hydroxyl groups is 1. The third kappa shape index (κ3) is 5.19. The molecule has 1 atom stereocenters. The van der Waals surface area contributed by atoms with Gasteiger partial charge in [-0.15, -0.1) is 0 Å². The number of alkyl halides is 3. The van der Waals surface area contributed by atoms with Crippen LogP contribution < -0.4 is 10.1 Å². The molecule has 6 nitrogen and oxygen atoms in total. The fraction of sp³-hybridized carbons (Fsp3) is 0.133. The number of aliphatic hydroxyl groups excluding tert-OH is 1. The molecule has 202 valence electrons. The Hall–Kier alpha value is -4.88. The van der Waals surface area contributed by atoms with Gasteiger partial charge in [-0.3, -0.25) is 0 Å². The summed E-state index contributed by atoms with van der Waals surface area (Å²) < 4.78 is 61.9. The van der Waals surface area contributed by atoms with Gasteiger partial charge in [-0.2, -0.15) is 23.5 Å². The molecule has 1 unspecified atom stereocenters. The maximum atomic E-state index is 14.8. The van der Waals surface area contributed by atoms with Gasteiger partial charge in [0.15, 0.2) is 5.69 Å². The minimum absolute atomic E-state index is 0.0252. The van der Waals surface area contributed by atoms with Crippen LogP contribution in [0.4, 0.5) is 23.2 Å². The number of aromatic nitrogens is 2. The van der Waals surface area contributed by atoms with Crippen molar-refractivity contribution in [3.8, 4) is 17.5 Å². The second-order valence-electron chi connectivity index (χ2n) is 8.99. The Balaban J connectivity index is 1.49. The monoisotopic (exact) mass is 546 g/mol. The molecule has 5 rings (SSSR count). The summed E-state index contributed by atoms with van der Waals surface area (Å²) in [4.78, 5) is 0. The summed E-state index contributed by atoms with van der Waals surface area (Å²) in [5.74, 6) is -0.206. The summed E-state index contributed by atoms with van der Waals surface area (Å²) in [6.07, 6.45) is -5.89. The minimum Gasteiger partial charge on any atom is -0.496 e. The van der Waals surface area contributed by atoms with E-state index in [4.69, 9.17) is 4.74 Å². The molecule has 5 aromatic rings. The lowest BCUT2D eigenvalue weighted by Crippen LogP contribution is -2.10. The quantitative estimate of drug-likeness (QED) is 0.221. The predicted molar refractivity (Wildman–Crippen MR) is 142 cm³/mol. The molecular weight excluding hydrogens is 524 g/mol. The lowest BCUT2D eigenvalue weighted by atomic mass is 9.94. The van der Waals surface area contributed by atoms with Crippen LogP contribution in [0.25, 0.3) is 16.5 Å². The van der Waals surface area contributed by atoms with E-state index < -0.39 is 23.8 Å². The fourth-order valence-corrected chi connectivity index (χ4v) is 4.55. The summed E-state index contributed by atoms with van der Waals surface area (Å²) in [6, 6.07) is 23.9. The van der Waals surface area contributed by atoms with Gasteiger partial charge in [0.2, 0.25) is 0 Å². The van der Waals surface area contributed by atoms with Crippen molar-refractivity contribution in [2.24, 2.45) is 0 Å². The average Bonchev–Trinajstić information content (AvgIpc) is 3.41. The average molecular weight is 547 g/mol. The number of anilines is 1. The van der Waals surface area contributed by atoms with E-state index in [0.29, 0.717) is 16.9 Å². The van der Waals surface area contributed by atoms with Crippen LogP contribution in [0.5, 0.6) is 5.75 Å². The molecule has 40 heavy (non-hydrogen) atoms. The predicted octanol–water partition coefficient (Wildman–Crippen LogP) is 6.76. The van der Waals surface area contributed by atoms with Gasteiger partial charge in [-0.1, -0.05) is 42.5 Å². The molecule has 0 saturated carbocycles. The molecule has 0 saturated heterocycles. The topological polar surface area (TPSA) is 83.1 Å². The van der Waals surface area contributed by atoms with Crippen LogP contribution in [0, 0.1) is 17.1 Å². The van der Waals surface area contributed by atoms with Crippen molar-refractivity contribution in [1.29, 1.82) is 5.26 Å². The van der Waals surface area contributed by atoms with Crippen molar-refractivity contribution in [1.82, 2.24) is 9.78 Å². The zero-order valence-electron chi connectivity index (χ0n) is 21.1. The maximum Gasteiger partial charge on any atom is 0.435 e. The van der Waals surface area contributed by atoms with E-state index in [1.807, 2.05) is 36.4 Å².